The van der Waals surface area contributed by atoms with Crippen LogP contribution in [0.4, 0.5) is 0 Å². The van der Waals surface area contributed by atoms with Gasteiger partial charge in [0.2, 0.25) is 0 Å². The largest absolute Gasteiger partial charge is 0.327 e. The topological polar surface area (TPSA) is 43.8 Å². The van der Waals surface area contributed by atoms with Crippen molar-refractivity contribution >= 4 is 0 Å². The minimum atomic E-state index is 0.296. The van der Waals surface area contributed by atoms with Crippen molar-refractivity contribution in [1.29, 1.82) is 0 Å². The van der Waals surface area contributed by atoms with Crippen molar-refractivity contribution in [3.05, 3.63) is 18.0 Å². The monoisotopic (exact) mass is 275 g/mol. The van der Waals surface area contributed by atoms with E-state index >= 15 is 0 Å². The molecule has 1 atom stereocenters. The van der Waals surface area contributed by atoms with Gasteiger partial charge in [-0.15, -0.1) is 0 Å². The Labute approximate surface area is 122 Å². The lowest BCUT2D eigenvalue weighted by molar-refractivity contribution is 0.316. The normalized spacial score (nSPS) is 23.2. The average Bonchev–Trinajstić information content (AvgIpc) is 3.10. The van der Waals surface area contributed by atoms with E-state index in [1.54, 1.807) is 0 Å². The fourth-order valence-electron chi connectivity index (χ4n) is 4.06. The standard InChI is InChI=1S/C17H29N3/c18-15(12-14-6-2-1-3-7-14)13-16-10-11-20(19-16)17-8-4-5-9-17/h10-11,14-15,17H,1-9,12-13,18H2. The zero-order chi connectivity index (χ0) is 13.8. The van der Waals surface area contributed by atoms with Gasteiger partial charge in [-0.3, -0.25) is 4.68 Å². The summed E-state index contributed by atoms with van der Waals surface area (Å²) in [6, 6.07) is 3.13. The number of nitrogens with two attached hydrogens (primary N) is 1. The molecule has 1 unspecified atom stereocenters. The molecule has 20 heavy (non-hydrogen) atoms. The van der Waals surface area contributed by atoms with Gasteiger partial charge < -0.3 is 5.73 Å². The molecule has 2 N–H and O–H groups in total. The van der Waals surface area contributed by atoms with Gasteiger partial charge in [0, 0.05) is 18.7 Å². The third-order valence-electron chi connectivity index (χ3n) is 5.19. The molecule has 0 radical (unpaired) electrons. The highest BCUT2D eigenvalue weighted by atomic mass is 15.3. The van der Waals surface area contributed by atoms with Crippen LogP contribution in [0.25, 0.3) is 0 Å². The highest BCUT2D eigenvalue weighted by Gasteiger charge is 2.20. The third kappa shape index (κ3) is 3.63. The molecule has 3 heteroatoms. The van der Waals surface area contributed by atoms with Crippen LogP contribution < -0.4 is 5.73 Å². The molecule has 0 saturated heterocycles. The molecule has 0 spiro atoms. The van der Waals surface area contributed by atoms with E-state index in [0.29, 0.717) is 12.1 Å². The Bertz CT molecular complexity index is 400. The fourth-order valence-corrected chi connectivity index (χ4v) is 4.06. The van der Waals surface area contributed by atoms with E-state index in [0.717, 1.165) is 12.3 Å². The van der Waals surface area contributed by atoms with Crippen LogP contribution in [0.1, 0.15) is 75.9 Å². The van der Waals surface area contributed by atoms with Gasteiger partial charge in [0.15, 0.2) is 0 Å². The van der Waals surface area contributed by atoms with Gasteiger partial charge in [-0.25, -0.2) is 0 Å². The third-order valence-corrected chi connectivity index (χ3v) is 5.19. The van der Waals surface area contributed by atoms with Crippen molar-refractivity contribution in [3.63, 3.8) is 0 Å². The highest BCUT2D eigenvalue weighted by Crippen LogP contribution is 2.29. The predicted octanol–water partition coefficient (Wildman–Crippen LogP) is 3.84. The highest BCUT2D eigenvalue weighted by molar-refractivity contribution is 5.02. The quantitative estimate of drug-likeness (QED) is 0.887. The Kier molecular flexibility index (Phi) is 4.77. The molecule has 3 nitrogen and oxygen atoms in total. The molecule has 3 rings (SSSR count). The Hall–Kier alpha value is -0.830. The van der Waals surface area contributed by atoms with Crippen LogP contribution in [0.2, 0.25) is 0 Å². The number of aromatic nitrogens is 2. The Morgan fingerprint density at radius 1 is 1.10 bits per heavy atom. The maximum absolute atomic E-state index is 6.35. The maximum Gasteiger partial charge on any atom is 0.0640 e. The maximum atomic E-state index is 6.35. The van der Waals surface area contributed by atoms with E-state index in [9.17, 15) is 0 Å². The van der Waals surface area contributed by atoms with Gasteiger partial charge in [0.05, 0.1) is 11.7 Å². The number of hydrogen-bond acceptors (Lipinski definition) is 2. The molecule has 0 bridgehead atoms. The van der Waals surface area contributed by atoms with Gasteiger partial charge in [-0.2, -0.15) is 5.10 Å². The van der Waals surface area contributed by atoms with Crippen molar-refractivity contribution in [2.24, 2.45) is 11.7 Å². The Morgan fingerprint density at radius 3 is 2.55 bits per heavy atom. The minimum absolute atomic E-state index is 0.296. The first-order valence-corrected chi connectivity index (χ1v) is 8.61. The molecule has 1 aromatic heterocycles. The SMILES string of the molecule is NC(Cc1ccn(C2CCCC2)n1)CC1CCCCC1. The Morgan fingerprint density at radius 2 is 1.80 bits per heavy atom. The summed E-state index contributed by atoms with van der Waals surface area (Å²) in [5.41, 5.74) is 7.54. The average molecular weight is 275 g/mol. The number of nitrogens with zero attached hydrogens (tertiary/aromatic N) is 2. The first-order chi connectivity index (χ1) is 9.81. The second-order valence-corrected chi connectivity index (χ2v) is 6.93. The lowest BCUT2D eigenvalue weighted by atomic mass is 9.84. The van der Waals surface area contributed by atoms with Crippen LogP contribution in [0.5, 0.6) is 0 Å². The predicted molar refractivity (Wildman–Crippen MR) is 82.6 cm³/mol. The van der Waals surface area contributed by atoms with Crippen molar-refractivity contribution in [2.45, 2.75) is 82.7 Å². The first-order valence-electron chi connectivity index (χ1n) is 8.61. The molecular weight excluding hydrogens is 246 g/mol. The minimum Gasteiger partial charge on any atom is -0.327 e. The van der Waals surface area contributed by atoms with Crippen LogP contribution in [-0.2, 0) is 6.42 Å². The van der Waals surface area contributed by atoms with Crippen LogP contribution >= 0.6 is 0 Å². The molecule has 0 aliphatic heterocycles. The molecule has 0 aromatic carbocycles. The van der Waals surface area contributed by atoms with Crippen LogP contribution in [0, 0.1) is 5.92 Å². The summed E-state index contributed by atoms with van der Waals surface area (Å²) in [7, 11) is 0. The zero-order valence-electron chi connectivity index (χ0n) is 12.6. The summed E-state index contributed by atoms with van der Waals surface area (Å²) in [5.74, 6) is 0.871. The molecule has 1 aromatic rings. The molecule has 0 amide bonds. The van der Waals surface area contributed by atoms with Crippen LogP contribution in [-0.4, -0.2) is 15.8 Å². The second kappa shape index (κ2) is 6.75. The van der Waals surface area contributed by atoms with Crippen LogP contribution in [0.15, 0.2) is 12.3 Å². The van der Waals surface area contributed by atoms with Gasteiger partial charge in [-0.1, -0.05) is 44.9 Å². The molecule has 2 saturated carbocycles. The molecule has 2 fully saturated rings. The fraction of sp³-hybridized carbons (Fsp3) is 0.824. The number of hydrogen-bond donors (Lipinski definition) is 1. The summed E-state index contributed by atoms with van der Waals surface area (Å²) >= 11 is 0. The zero-order valence-corrected chi connectivity index (χ0v) is 12.6. The summed E-state index contributed by atoms with van der Waals surface area (Å²) in [6.07, 6.45) is 16.7. The van der Waals surface area contributed by atoms with Gasteiger partial charge in [0.1, 0.15) is 0 Å². The van der Waals surface area contributed by atoms with Crippen molar-refractivity contribution < 1.29 is 0 Å². The second-order valence-electron chi connectivity index (χ2n) is 6.93. The lowest BCUT2D eigenvalue weighted by Gasteiger charge is -2.24. The summed E-state index contributed by atoms with van der Waals surface area (Å²) in [5, 5.41) is 4.76. The molecular formula is C17H29N3. The van der Waals surface area contributed by atoms with E-state index < -0.39 is 0 Å². The lowest BCUT2D eigenvalue weighted by Crippen LogP contribution is -2.27. The van der Waals surface area contributed by atoms with Gasteiger partial charge in [0.25, 0.3) is 0 Å². The van der Waals surface area contributed by atoms with Crippen molar-refractivity contribution in [1.82, 2.24) is 9.78 Å². The van der Waals surface area contributed by atoms with Crippen molar-refractivity contribution in [3.8, 4) is 0 Å². The van der Waals surface area contributed by atoms with E-state index in [1.165, 1.54) is 69.9 Å². The molecule has 2 aliphatic rings. The van der Waals surface area contributed by atoms with Gasteiger partial charge in [-0.05, 0) is 31.2 Å². The first kappa shape index (κ1) is 14.1. The molecule has 2 aliphatic carbocycles. The van der Waals surface area contributed by atoms with E-state index in [2.05, 4.69) is 16.9 Å². The Balaban J connectivity index is 1.49. The van der Waals surface area contributed by atoms with Gasteiger partial charge >= 0.3 is 0 Å². The molecule has 112 valence electrons. The van der Waals surface area contributed by atoms with E-state index in [1.807, 2.05) is 0 Å². The van der Waals surface area contributed by atoms with Crippen LogP contribution in [0.3, 0.4) is 0 Å². The summed E-state index contributed by atoms with van der Waals surface area (Å²) in [6.45, 7) is 0. The summed E-state index contributed by atoms with van der Waals surface area (Å²) in [4.78, 5) is 0. The summed E-state index contributed by atoms with van der Waals surface area (Å²) < 4.78 is 2.19. The van der Waals surface area contributed by atoms with E-state index in [-0.39, 0.29) is 0 Å². The van der Waals surface area contributed by atoms with E-state index in [4.69, 9.17) is 10.8 Å². The number of rotatable bonds is 5. The molecule has 1 heterocycles. The smallest absolute Gasteiger partial charge is 0.0640 e. The van der Waals surface area contributed by atoms with Crippen molar-refractivity contribution in [2.75, 3.05) is 0 Å².